The first-order valence-electron chi connectivity index (χ1n) is 8.04. The number of thiol groups is 1. The molecule has 0 saturated carbocycles. The Morgan fingerprint density at radius 2 is 2.14 bits per heavy atom. The lowest BCUT2D eigenvalue weighted by atomic mass is 9.75. The van der Waals surface area contributed by atoms with Gasteiger partial charge in [-0.25, -0.2) is 0 Å². The molecule has 22 heavy (non-hydrogen) atoms. The number of hydrogen-bond donors (Lipinski definition) is 3. The predicted molar refractivity (Wildman–Crippen MR) is 99.5 cm³/mol. The molecule has 1 aromatic rings. The number of fused-ring (bicyclic) bond motifs is 1. The highest BCUT2D eigenvalue weighted by atomic mass is 32.1. The first kappa shape index (κ1) is 16.2. The van der Waals surface area contributed by atoms with Gasteiger partial charge < -0.3 is 5.11 Å². The monoisotopic (exact) mass is 335 g/mol. The number of aliphatic hydroxyl groups is 1. The standard InChI is InChI=1S/C18H25NOS2/c1-11(20)16-14-9-18(2,3)8-7-15(14)22-17(16)13-6-4-5-12(13)10-19-21/h19-21H,1,4-10H2,2-3H3. The first-order chi connectivity index (χ1) is 10.4. The number of aliphatic hydroxyl groups excluding tert-OH is 1. The van der Waals surface area contributed by atoms with E-state index in [1.54, 1.807) is 0 Å². The molecule has 2 nitrogen and oxygen atoms in total. The Labute approximate surface area is 142 Å². The number of aryl methyl sites for hydroxylation is 1. The molecule has 2 N–H and O–H groups in total. The second-order valence-electron chi connectivity index (χ2n) is 7.27. The largest absolute Gasteiger partial charge is 0.508 e. The van der Waals surface area contributed by atoms with E-state index in [0.29, 0.717) is 5.41 Å². The van der Waals surface area contributed by atoms with Gasteiger partial charge in [0.15, 0.2) is 0 Å². The normalized spacial score (nSPS) is 20.3. The van der Waals surface area contributed by atoms with Gasteiger partial charge in [-0.05, 0) is 55.1 Å². The van der Waals surface area contributed by atoms with E-state index in [1.165, 1.54) is 39.3 Å². The van der Waals surface area contributed by atoms with Gasteiger partial charge in [0, 0.05) is 21.9 Å². The van der Waals surface area contributed by atoms with Gasteiger partial charge in [0.25, 0.3) is 0 Å². The Balaban J connectivity index is 2.12. The molecule has 1 aromatic heterocycles. The van der Waals surface area contributed by atoms with Crippen molar-refractivity contribution < 1.29 is 5.11 Å². The summed E-state index contributed by atoms with van der Waals surface area (Å²) in [5, 5.41) is 10.3. The summed E-state index contributed by atoms with van der Waals surface area (Å²) >= 11 is 6.05. The van der Waals surface area contributed by atoms with Crippen molar-refractivity contribution in [2.75, 3.05) is 6.54 Å². The zero-order valence-corrected chi connectivity index (χ0v) is 15.2. The Hall–Kier alpha value is -0.710. The third-order valence-corrected chi connectivity index (χ3v) is 6.47. The van der Waals surface area contributed by atoms with Gasteiger partial charge in [-0.3, -0.25) is 4.72 Å². The van der Waals surface area contributed by atoms with Crippen molar-refractivity contribution in [2.45, 2.75) is 52.4 Å². The molecule has 0 spiro atoms. The van der Waals surface area contributed by atoms with Crippen LogP contribution in [-0.2, 0) is 12.8 Å². The van der Waals surface area contributed by atoms with Gasteiger partial charge in [0.05, 0.1) is 0 Å². The van der Waals surface area contributed by atoms with Crippen LogP contribution in [0, 0.1) is 5.41 Å². The first-order valence-corrected chi connectivity index (χ1v) is 9.30. The van der Waals surface area contributed by atoms with Crippen LogP contribution in [0.25, 0.3) is 11.3 Å². The molecule has 0 bridgehead atoms. The molecule has 0 unspecified atom stereocenters. The Morgan fingerprint density at radius 1 is 1.36 bits per heavy atom. The minimum atomic E-state index is 0.239. The summed E-state index contributed by atoms with van der Waals surface area (Å²) in [6, 6.07) is 0. The van der Waals surface area contributed by atoms with Gasteiger partial charge in [0.1, 0.15) is 5.76 Å². The number of allylic oxidation sites excluding steroid dienone is 1. The van der Waals surface area contributed by atoms with Gasteiger partial charge in [-0.15, -0.1) is 11.3 Å². The van der Waals surface area contributed by atoms with Crippen molar-refractivity contribution in [3.05, 3.63) is 33.0 Å². The van der Waals surface area contributed by atoms with Crippen molar-refractivity contribution >= 4 is 35.5 Å². The van der Waals surface area contributed by atoms with E-state index >= 15 is 0 Å². The van der Waals surface area contributed by atoms with Crippen molar-refractivity contribution in [1.82, 2.24) is 4.72 Å². The molecule has 2 aliphatic carbocycles. The van der Waals surface area contributed by atoms with E-state index in [-0.39, 0.29) is 5.76 Å². The fraction of sp³-hybridized carbons (Fsp3) is 0.556. The minimum absolute atomic E-state index is 0.239. The molecule has 0 radical (unpaired) electrons. The fourth-order valence-electron chi connectivity index (χ4n) is 3.81. The smallest absolute Gasteiger partial charge is 0.117 e. The second kappa shape index (κ2) is 6.06. The highest BCUT2D eigenvalue weighted by Gasteiger charge is 2.32. The molecule has 120 valence electrons. The average molecular weight is 336 g/mol. The van der Waals surface area contributed by atoms with Crippen LogP contribution in [0.1, 0.15) is 60.4 Å². The van der Waals surface area contributed by atoms with E-state index in [0.717, 1.165) is 37.8 Å². The molecule has 1 heterocycles. The molecule has 3 rings (SSSR count). The van der Waals surface area contributed by atoms with Crippen LogP contribution in [0.15, 0.2) is 12.2 Å². The summed E-state index contributed by atoms with van der Waals surface area (Å²) < 4.78 is 2.99. The molecule has 0 atom stereocenters. The minimum Gasteiger partial charge on any atom is -0.508 e. The zero-order valence-electron chi connectivity index (χ0n) is 13.5. The van der Waals surface area contributed by atoms with Gasteiger partial charge in [-0.1, -0.05) is 38.8 Å². The van der Waals surface area contributed by atoms with Crippen LogP contribution in [0.4, 0.5) is 0 Å². The lowest BCUT2D eigenvalue weighted by molar-refractivity contribution is 0.317. The Kier molecular flexibility index (Phi) is 4.45. The maximum Gasteiger partial charge on any atom is 0.117 e. The molecule has 0 amide bonds. The molecule has 0 aliphatic heterocycles. The van der Waals surface area contributed by atoms with Crippen molar-refractivity contribution in [3.8, 4) is 0 Å². The van der Waals surface area contributed by atoms with E-state index in [1.807, 2.05) is 11.3 Å². The Morgan fingerprint density at radius 3 is 2.82 bits per heavy atom. The van der Waals surface area contributed by atoms with Crippen molar-refractivity contribution in [2.24, 2.45) is 5.41 Å². The van der Waals surface area contributed by atoms with Crippen LogP contribution in [0.3, 0.4) is 0 Å². The number of rotatable bonds is 4. The Bertz CT molecular complexity index is 640. The molecule has 0 fully saturated rings. The number of thiophene rings is 1. The molecule has 2 aliphatic rings. The number of hydrogen-bond acceptors (Lipinski definition) is 4. The summed E-state index contributed by atoms with van der Waals surface area (Å²) in [6.07, 6.45) is 6.83. The summed E-state index contributed by atoms with van der Waals surface area (Å²) in [5.41, 5.74) is 5.55. The third kappa shape index (κ3) is 2.89. The van der Waals surface area contributed by atoms with Crippen LogP contribution < -0.4 is 4.72 Å². The highest BCUT2D eigenvalue weighted by Crippen LogP contribution is 2.48. The molecule has 0 saturated heterocycles. The molecule has 0 aromatic carbocycles. The van der Waals surface area contributed by atoms with E-state index < -0.39 is 0 Å². The summed E-state index contributed by atoms with van der Waals surface area (Å²) in [5.74, 6) is 0.239. The SMILES string of the molecule is C=C(O)c1c(C2=C(CNS)CCC2)sc2c1CC(C)(C)CC2. The van der Waals surface area contributed by atoms with Crippen LogP contribution in [0.5, 0.6) is 0 Å². The second-order valence-corrected chi connectivity index (χ2v) is 8.69. The highest BCUT2D eigenvalue weighted by molar-refractivity contribution is 7.78. The van der Waals surface area contributed by atoms with Gasteiger partial charge in [-0.2, -0.15) is 0 Å². The van der Waals surface area contributed by atoms with E-state index in [9.17, 15) is 5.11 Å². The van der Waals surface area contributed by atoms with Crippen molar-refractivity contribution in [1.29, 1.82) is 0 Å². The zero-order chi connectivity index (χ0) is 15.9. The van der Waals surface area contributed by atoms with Crippen LogP contribution >= 0.6 is 24.2 Å². The maximum atomic E-state index is 10.3. The maximum absolute atomic E-state index is 10.3. The third-order valence-electron chi connectivity index (χ3n) is 4.96. The average Bonchev–Trinajstić information content (AvgIpc) is 3.01. The summed E-state index contributed by atoms with van der Waals surface area (Å²) in [7, 11) is 0. The lowest BCUT2D eigenvalue weighted by Crippen LogP contribution is -2.21. The van der Waals surface area contributed by atoms with Gasteiger partial charge in [0.2, 0.25) is 0 Å². The van der Waals surface area contributed by atoms with E-state index in [4.69, 9.17) is 0 Å². The van der Waals surface area contributed by atoms with Gasteiger partial charge >= 0.3 is 0 Å². The lowest BCUT2D eigenvalue weighted by Gasteiger charge is -2.30. The number of nitrogens with one attached hydrogen (secondary N) is 1. The quantitative estimate of drug-likeness (QED) is 0.524. The molecular weight excluding hydrogens is 310 g/mol. The fourth-order valence-corrected chi connectivity index (χ4v) is 5.46. The molecule has 4 heteroatoms. The summed E-state index contributed by atoms with van der Waals surface area (Å²) in [6.45, 7) is 9.33. The van der Waals surface area contributed by atoms with E-state index in [2.05, 4.69) is 38.0 Å². The topological polar surface area (TPSA) is 32.3 Å². The molecular formula is C18H25NOS2. The van der Waals surface area contributed by atoms with Crippen LogP contribution in [-0.4, -0.2) is 11.7 Å². The summed E-state index contributed by atoms with van der Waals surface area (Å²) in [4.78, 5) is 2.73. The predicted octanol–water partition coefficient (Wildman–Crippen LogP) is 5.16. The van der Waals surface area contributed by atoms with Crippen LogP contribution in [0.2, 0.25) is 0 Å². The van der Waals surface area contributed by atoms with Crippen molar-refractivity contribution in [3.63, 3.8) is 0 Å².